The molecule has 0 bridgehead atoms. The Morgan fingerprint density at radius 3 is 2.64 bits per heavy atom. The van der Waals surface area contributed by atoms with Crippen molar-refractivity contribution in [3.8, 4) is 0 Å². The molecule has 0 unspecified atom stereocenters. The second-order valence-electron chi connectivity index (χ2n) is 3.29. The van der Waals surface area contributed by atoms with Crippen molar-refractivity contribution in [2.24, 2.45) is 0 Å². The van der Waals surface area contributed by atoms with Gasteiger partial charge in [0.1, 0.15) is 5.82 Å². The van der Waals surface area contributed by atoms with E-state index in [-0.39, 0.29) is 11.9 Å². The molecule has 0 fully saturated rings. The topological polar surface area (TPSA) is 32.3 Å². The van der Waals surface area contributed by atoms with Crippen LogP contribution in [0, 0.1) is 5.82 Å². The maximum Gasteiger partial charge on any atom is 0.123 e. The minimum absolute atomic E-state index is 0.106. The summed E-state index contributed by atoms with van der Waals surface area (Å²) in [5.74, 6) is -0.224. The lowest BCUT2D eigenvalue weighted by Crippen LogP contribution is -2.17. The molecule has 1 aromatic rings. The van der Waals surface area contributed by atoms with Gasteiger partial charge in [0.2, 0.25) is 0 Å². The van der Waals surface area contributed by atoms with Crippen LogP contribution in [0.4, 0.5) is 4.39 Å². The van der Waals surface area contributed by atoms with Crippen LogP contribution < -0.4 is 5.48 Å². The molecule has 14 heavy (non-hydrogen) atoms. The summed E-state index contributed by atoms with van der Waals surface area (Å²) in [5, 5.41) is 8.92. The van der Waals surface area contributed by atoms with Gasteiger partial charge >= 0.3 is 0 Å². The van der Waals surface area contributed by atoms with Gasteiger partial charge in [-0.3, -0.25) is 0 Å². The first-order chi connectivity index (χ1) is 6.72. The molecule has 78 valence electrons. The van der Waals surface area contributed by atoms with E-state index in [0.717, 1.165) is 24.0 Å². The highest BCUT2D eigenvalue weighted by Crippen LogP contribution is 2.21. The number of hydrogen-bond donors (Lipinski definition) is 2. The first-order valence-corrected chi connectivity index (χ1v) is 4.90. The van der Waals surface area contributed by atoms with Gasteiger partial charge < -0.3 is 5.21 Å². The van der Waals surface area contributed by atoms with Gasteiger partial charge in [0.25, 0.3) is 0 Å². The van der Waals surface area contributed by atoms with Crippen LogP contribution in [-0.4, -0.2) is 5.21 Å². The molecule has 0 aliphatic carbocycles. The lowest BCUT2D eigenvalue weighted by Gasteiger charge is -2.16. The quantitative estimate of drug-likeness (QED) is 0.727. The third kappa shape index (κ3) is 2.30. The van der Waals surface area contributed by atoms with Crippen LogP contribution in [0.3, 0.4) is 0 Å². The Morgan fingerprint density at radius 2 is 2.14 bits per heavy atom. The van der Waals surface area contributed by atoms with Crippen molar-refractivity contribution in [2.75, 3.05) is 0 Å². The second-order valence-corrected chi connectivity index (χ2v) is 3.29. The number of hydrogen-bond acceptors (Lipinski definition) is 2. The van der Waals surface area contributed by atoms with Gasteiger partial charge in [0.05, 0.1) is 6.04 Å². The summed E-state index contributed by atoms with van der Waals surface area (Å²) in [7, 11) is 0. The third-order valence-electron chi connectivity index (χ3n) is 2.43. The molecule has 0 saturated carbocycles. The summed E-state index contributed by atoms with van der Waals surface area (Å²) in [5.41, 5.74) is 4.15. The van der Waals surface area contributed by atoms with E-state index in [4.69, 9.17) is 5.21 Å². The normalized spacial score (nSPS) is 12.9. The molecule has 0 aromatic heterocycles. The molecule has 0 aliphatic rings. The van der Waals surface area contributed by atoms with E-state index in [2.05, 4.69) is 5.48 Å². The van der Waals surface area contributed by atoms with Crippen LogP contribution in [-0.2, 0) is 6.42 Å². The van der Waals surface area contributed by atoms with Crippen molar-refractivity contribution >= 4 is 0 Å². The van der Waals surface area contributed by atoms with Gasteiger partial charge in [0.15, 0.2) is 0 Å². The Bertz CT molecular complexity index is 297. The van der Waals surface area contributed by atoms with Crippen molar-refractivity contribution in [3.05, 3.63) is 35.1 Å². The summed E-state index contributed by atoms with van der Waals surface area (Å²) in [6.45, 7) is 3.94. The van der Waals surface area contributed by atoms with Gasteiger partial charge in [-0.25, -0.2) is 4.39 Å². The lowest BCUT2D eigenvalue weighted by atomic mass is 9.97. The monoisotopic (exact) mass is 197 g/mol. The number of benzene rings is 1. The molecule has 0 saturated heterocycles. The van der Waals surface area contributed by atoms with E-state index < -0.39 is 0 Å². The SMILES string of the molecule is CCc1cc(F)ccc1[C@H](CC)NO. The minimum atomic E-state index is -0.224. The van der Waals surface area contributed by atoms with Crippen molar-refractivity contribution in [3.63, 3.8) is 0 Å². The summed E-state index contributed by atoms with van der Waals surface area (Å²) in [4.78, 5) is 0. The average Bonchev–Trinajstić information content (AvgIpc) is 2.21. The first-order valence-electron chi connectivity index (χ1n) is 4.90. The first kappa shape index (κ1) is 11.1. The number of nitrogens with one attached hydrogen (secondary N) is 1. The Morgan fingerprint density at radius 1 is 1.43 bits per heavy atom. The molecule has 3 heteroatoms. The van der Waals surface area contributed by atoms with Crippen LogP contribution in [0.15, 0.2) is 18.2 Å². The molecule has 1 aromatic carbocycles. The highest BCUT2D eigenvalue weighted by atomic mass is 19.1. The largest absolute Gasteiger partial charge is 0.316 e. The molecular formula is C11H16FNO. The van der Waals surface area contributed by atoms with E-state index in [0.29, 0.717) is 0 Å². The molecule has 0 radical (unpaired) electrons. The Kier molecular flexibility index (Phi) is 4.04. The highest BCUT2D eigenvalue weighted by Gasteiger charge is 2.11. The molecule has 0 aliphatic heterocycles. The Labute approximate surface area is 83.7 Å². The zero-order chi connectivity index (χ0) is 10.6. The summed E-state index contributed by atoms with van der Waals surface area (Å²) in [6.07, 6.45) is 1.54. The summed E-state index contributed by atoms with van der Waals surface area (Å²) >= 11 is 0. The van der Waals surface area contributed by atoms with Crippen molar-refractivity contribution in [1.29, 1.82) is 0 Å². The summed E-state index contributed by atoms with van der Waals surface area (Å²) < 4.78 is 12.9. The molecule has 0 amide bonds. The number of aryl methyl sites for hydroxylation is 1. The molecule has 1 rings (SSSR count). The molecule has 0 spiro atoms. The molecule has 2 nitrogen and oxygen atoms in total. The number of halogens is 1. The van der Waals surface area contributed by atoms with E-state index in [1.54, 1.807) is 6.07 Å². The van der Waals surface area contributed by atoms with Gasteiger partial charge in [0, 0.05) is 0 Å². The van der Waals surface area contributed by atoms with Gasteiger partial charge in [-0.05, 0) is 36.1 Å². The fraction of sp³-hybridized carbons (Fsp3) is 0.455. The standard InChI is InChI=1S/C11H16FNO/c1-3-8-7-9(12)5-6-10(8)11(4-2)13-14/h5-7,11,13-14H,3-4H2,1-2H3/t11-/m0/s1. The smallest absolute Gasteiger partial charge is 0.123 e. The zero-order valence-electron chi connectivity index (χ0n) is 8.55. The number of rotatable bonds is 4. The van der Waals surface area contributed by atoms with Crippen LogP contribution in [0.1, 0.15) is 37.4 Å². The predicted molar refractivity (Wildman–Crippen MR) is 53.7 cm³/mol. The molecule has 1 atom stereocenters. The fourth-order valence-corrected chi connectivity index (χ4v) is 1.60. The lowest BCUT2D eigenvalue weighted by molar-refractivity contribution is 0.123. The Balaban J connectivity index is 3.06. The fourth-order valence-electron chi connectivity index (χ4n) is 1.60. The van der Waals surface area contributed by atoms with Crippen molar-refractivity contribution in [1.82, 2.24) is 5.48 Å². The van der Waals surface area contributed by atoms with Crippen LogP contribution in [0.5, 0.6) is 0 Å². The Hall–Kier alpha value is -0.930. The van der Waals surface area contributed by atoms with Crippen molar-refractivity contribution in [2.45, 2.75) is 32.7 Å². The average molecular weight is 197 g/mol. The van der Waals surface area contributed by atoms with E-state index >= 15 is 0 Å². The zero-order valence-corrected chi connectivity index (χ0v) is 8.55. The maximum absolute atomic E-state index is 12.9. The maximum atomic E-state index is 12.9. The van der Waals surface area contributed by atoms with Crippen molar-refractivity contribution < 1.29 is 9.60 Å². The summed E-state index contributed by atoms with van der Waals surface area (Å²) in [6, 6.07) is 4.57. The van der Waals surface area contributed by atoms with Crippen LogP contribution >= 0.6 is 0 Å². The van der Waals surface area contributed by atoms with E-state index in [1.807, 2.05) is 13.8 Å². The van der Waals surface area contributed by atoms with Crippen LogP contribution in [0.2, 0.25) is 0 Å². The van der Waals surface area contributed by atoms with Gasteiger partial charge in [-0.15, -0.1) is 0 Å². The van der Waals surface area contributed by atoms with Gasteiger partial charge in [-0.2, -0.15) is 5.48 Å². The molecule has 2 N–H and O–H groups in total. The van der Waals surface area contributed by atoms with Crippen LogP contribution in [0.25, 0.3) is 0 Å². The molecule has 0 heterocycles. The van der Waals surface area contributed by atoms with E-state index in [9.17, 15) is 4.39 Å². The minimum Gasteiger partial charge on any atom is -0.316 e. The molecular weight excluding hydrogens is 181 g/mol. The van der Waals surface area contributed by atoms with Gasteiger partial charge in [-0.1, -0.05) is 19.9 Å². The van der Waals surface area contributed by atoms with E-state index in [1.165, 1.54) is 12.1 Å². The predicted octanol–water partition coefficient (Wildman–Crippen LogP) is 2.82. The second kappa shape index (κ2) is 5.08. The highest BCUT2D eigenvalue weighted by molar-refractivity contribution is 5.30. The number of hydroxylamine groups is 1. The third-order valence-corrected chi connectivity index (χ3v) is 2.43.